The van der Waals surface area contributed by atoms with Crippen LogP contribution >= 0.6 is 0 Å². The normalized spacial score (nSPS) is 10.0. The van der Waals surface area contributed by atoms with Crippen molar-refractivity contribution in [2.24, 2.45) is 12.8 Å². The third kappa shape index (κ3) is 2.59. The van der Waals surface area contributed by atoms with E-state index in [9.17, 15) is 0 Å². The summed E-state index contributed by atoms with van der Waals surface area (Å²) in [6.45, 7) is 1.31. The average molecular weight is 155 g/mol. The van der Waals surface area contributed by atoms with Gasteiger partial charge < -0.3 is 15.0 Å². The molecule has 0 aromatic carbocycles. The van der Waals surface area contributed by atoms with Crippen molar-refractivity contribution in [1.29, 1.82) is 0 Å². The molecule has 1 rings (SSSR count). The van der Waals surface area contributed by atoms with Gasteiger partial charge in [-0.15, -0.1) is 0 Å². The van der Waals surface area contributed by atoms with Crippen molar-refractivity contribution in [2.45, 2.75) is 6.42 Å². The molecule has 0 amide bonds. The van der Waals surface area contributed by atoms with E-state index in [0.717, 1.165) is 6.42 Å². The minimum absolute atomic E-state index is 0.646. The molecule has 1 aromatic heterocycles. The molecule has 0 radical (unpaired) electrons. The van der Waals surface area contributed by atoms with Gasteiger partial charge in [-0.25, -0.2) is 4.98 Å². The summed E-state index contributed by atoms with van der Waals surface area (Å²) < 4.78 is 7.10. The molecule has 0 unspecified atom stereocenters. The second kappa shape index (κ2) is 3.98. The Morgan fingerprint density at radius 1 is 1.73 bits per heavy atom. The number of aryl methyl sites for hydroxylation is 1. The van der Waals surface area contributed by atoms with E-state index in [1.165, 1.54) is 0 Å². The van der Waals surface area contributed by atoms with E-state index < -0.39 is 0 Å². The van der Waals surface area contributed by atoms with Crippen molar-refractivity contribution in [3.05, 3.63) is 12.5 Å². The van der Waals surface area contributed by atoms with E-state index in [0.29, 0.717) is 19.0 Å². The predicted octanol–water partition coefficient (Wildman–Crippen LogP) is 0.148. The lowest BCUT2D eigenvalue weighted by Crippen LogP contribution is -2.06. The predicted molar refractivity (Wildman–Crippen MR) is 42.4 cm³/mol. The van der Waals surface area contributed by atoms with E-state index in [1.54, 1.807) is 6.33 Å². The van der Waals surface area contributed by atoms with Crippen molar-refractivity contribution >= 4 is 0 Å². The summed E-state index contributed by atoms with van der Waals surface area (Å²) in [5, 5.41) is 0. The maximum atomic E-state index is 5.29. The Labute approximate surface area is 66.0 Å². The first-order chi connectivity index (χ1) is 5.33. The Kier molecular flexibility index (Phi) is 2.92. The topological polar surface area (TPSA) is 53.1 Å². The molecule has 0 spiro atoms. The van der Waals surface area contributed by atoms with Gasteiger partial charge in [0.15, 0.2) is 0 Å². The number of aromatic nitrogens is 2. The van der Waals surface area contributed by atoms with Gasteiger partial charge in [0.2, 0.25) is 5.88 Å². The SMILES string of the molecule is Cn1cnc(OCCCN)c1. The van der Waals surface area contributed by atoms with Crippen molar-refractivity contribution in [3.8, 4) is 5.88 Å². The standard InChI is InChI=1S/C7H13N3O/c1-10-5-7(9-6-10)11-4-2-3-8/h5-6H,2-4,8H2,1H3. The molecule has 0 aliphatic carbocycles. The van der Waals surface area contributed by atoms with Gasteiger partial charge in [-0.3, -0.25) is 0 Å². The third-order valence-electron chi connectivity index (χ3n) is 1.28. The summed E-state index contributed by atoms with van der Waals surface area (Å²) in [6, 6.07) is 0. The van der Waals surface area contributed by atoms with Crippen LogP contribution in [0, 0.1) is 0 Å². The van der Waals surface area contributed by atoms with E-state index in [2.05, 4.69) is 4.98 Å². The second-order valence-corrected chi connectivity index (χ2v) is 2.37. The summed E-state index contributed by atoms with van der Waals surface area (Å²) in [5.41, 5.74) is 5.29. The van der Waals surface area contributed by atoms with Gasteiger partial charge in [0.25, 0.3) is 0 Å². The number of rotatable bonds is 4. The lowest BCUT2D eigenvalue weighted by molar-refractivity contribution is 0.302. The van der Waals surface area contributed by atoms with E-state index in [1.807, 2.05) is 17.8 Å². The maximum Gasteiger partial charge on any atom is 0.231 e. The first-order valence-electron chi connectivity index (χ1n) is 3.64. The van der Waals surface area contributed by atoms with Crippen LogP contribution in [0.5, 0.6) is 5.88 Å². The number of nitrogens with zero attached hydrogens (tertiary/aromatic N) is 2. The first-order valence-corrected chi connectivity index (χ1v) is 3.64. The molecule has 0 saturated carbocycles. The van der Waals surface area contributed by atoms with Gasteiger partial charge in [0.1, 0.15) is 0 Å². The molecule has 4 heteroatoms. The zero-order chi connectivity index (χ0) is 8.10. The molecule has 0 aliphatic heterocycles. The molecule has 1 aromatic rings. The second-order valence-electron chi connectivity index (χ2n) is 2.37. The van der Waals surface area contributed by atoms with Gasteiger partial charge in [0, 0.05) is 7.05 Å². The Bertz CT molecular complexity index is 209. The fraction of sp³-hybridized carbons (Fsp3) is 0.571. The van der Waals surface area contributed by atoms with E-state index in [-0.39, 0.29) is 0 Å². The van der Waals surface area contributed by atoms with Crippen LogP contribution in [0.25, 0.3) is 0 Å². The van der Waals surface area contributed by atoms with Crippen LogP contribution in [0.4, 0.5) is 0 Å². The number of imidazole rings is 1. The van der Waals surface area contributed by atoms with Crippen LogP contribution in [-0.4, -0.2) is 22.7 Å². The molecule has 11 heavy (non-hydrogen) atoms. The minimum atomic E-state index is 0.646. The smallest absolute Gasteiger partial charge is 0.231 e. The van der Waals surface area contributed by atoms with Gasteiger partial charge in [-0.05, 0) is 13.0 Å². The van der Waals surface area contributed by atoms with Crippen LogP contribution in [0.2, 0.25) is 0 Å². The van der Waals surface area contributed by atoms with Crippen molar-refractivity contribution in [1.82, 2.24) is 9.55 Å². The zero-order valence-electron chi connectivity index (χ0n) is 6.66. The molecule has 0 atom stereocenters. The molecular weight excluding hydrogens is 142 g/mol. The van der Waals surface area contributed by atoms with Gasteiger partial charge in [-0.2, -0.15) is 0 Å². The zero-order valence-corrected chi connectivity index (χ0v) is 6.66. The Balaban J connectivity index is 2.27. The number of ether oxygens (including phenoxy) is 1. The summed E-state index contributed by atoms with van der Waals surface area (Å²) in [6.07, 6.45) is 4.41. The van der Waals surface area contributed by atoms with Crippen molar-refractivity contribution < 1.29 is 4.74 Å². The summed E-state index contributed by atoms with van der Waals surface area (Å²) in [4.78, 5) is 3.99. The number of hydrogen-bond acceptors (Lipinski definition) is 3. The Hall–Kier alpha value is -1.03. The van der Waals surface area contributed by atoms with Crippen LogP contribution in [-0.2, 0) is 7.05 Å². The van der Waals surface area contributed by atoms with Crippen molar-refractivity contribution in [3.63, 3.8) is 0 Å². The van der Waals surface area contributed by atoms with Crippen molar-refractivity contribution in [2.75, 3.05) is 13.2 Å². The highest BCUT2D eigenvalue weighted by atomic mass is 16.5. The van der Waals surface area contributed by atoms with Crippen LogP contribution in [0.1, 0.15) is 6.42 Å². The minimum Gasteiger partial charge on any atom is -0.477 e. The van der Waals surface area contributed by atoms with Gasteiger partial charge in [-0.1, -0.05) is 0 Å². The maximum absolute atomic E-state index is 5.29. The van der Waals surface area contributed by atoms with E-state index >= 15 is 0 Å². The molecule has 0 aliphatic rings. The fourth-order valence-corrected chi connectivity index (χ4v) is 0.723. The highest BCUT2D eigenvalue weighted by Crippen LogP contribution is 2.03. The number of hydrogen-bond donors (Lipinski definition) is 1. The summed E-state index contributed by atoms with van der Waals surface area (Å²) in [7, 11) is 1.91. The molecule has 0 bridgehead atoms. The Morgan fingerprint density at radius 3 is 3.09 bits per heavy atom. The summed E-state index contributed by atoms with van der Waals surface area (Å²) in [5.74, 6) is 0.668. The third-order valence-corrected chi connectivity index (χ3v) is 1.28. The molecule has 0 saturated heterocycles. The van der Waals surface area contributed by atoms with Gasteiger partial charge >= 0.3 is 0 Å². The highest BCUT2D eigenvalue weighted by molar-refractivity contribution is 5.02. The lowest BCUT2D eigenvalue weighted by atomic mass is 10.5. The summed E-state index contributed by atoms with van der Waals surface area (Å²) >= 11 is 0. The van der Waals surface area contributed by atoms with Crippen LogP contribution in [0.3, 0.4) is 0 Å². The molecule has 4 nitrogen and oxygen atoms in total. The average Bonchev–Trinajstić information content (AvgIpc) is 2.37. The van der Waals surface area contributed by atoms with Crippen LogP contribution in [0.15, 0.2) is 12.5 Å². The lowest BCUT2D eigenvalue weighted by Gasteiger charge is -1.98. The Morgan fingerprint density at radius 2 is 2.55 bits per heavy atom. The fourth-order valence-electron chi connectivity index (χ4n) is 0.723. The van der Waals surface area contributed by atoms with E-state index in [4.69, 9.17) is 10.5 Å². The molecule has 2 N–H and O–H groups in total. The quantitative estimate of drug-likeness (QED) is 0.629. The molecule has 0 fully saturated rings. The monoisotopic (exact) mass is 155 g/mol. The highest BCUT2D eigenvalue weighted by Gasteiger charge is 1.94. The molecular formula is C7H13N3O. The molecule has 62 valence electrons. The largest absolute Gasteiger partial charge is 0.477 e. The molecule has 1 heterocycles. The van der Waals surface area contributed by atoms with Gasteiger partial charge in [0.05, 0.1) is 19.1 Å². The first kappa shape index (κ1) is 8.07. The number of nitrogens with two attached hydrogens (primary N) is 1. The van der Waals surface area contributed by atoms with Crippen LogP contribution < -0.4 is 10.5 Å².